The molecule has 1 heterocycles. The molecule has 0 atom stereocenters. The van der Waals surface area contributed by atoms with E-state index in [0.717, 1.165) is 28.3 Å². The largest absolute Gasteiger partial charge is 0.493 e. The van der Waals surface area contributed by atoms with Crippen molar-refractivity contribution in [3.05, 3.63) is 54.1 Å². The average molecular weight is 380 g/mol. The molecule has 0 radical (unpaired) electrons. The average Bonchev–Trinajstić information content (AvgIpc) is 2.93. The number of hydrogen-bond acceptors (Lipinski definition) is 5. The molecule has 0 unspecified atom stereocenters. The molecule has 1 aliphatic rings. The van der Waals surface area contributed by atoms with E-state index < -0.39 is 0 Å². The lowest BCUT2D eigenvalue weighted by atomic mass is 10.1. The van der Waals surface area contributed by atoms with Crippen molar-refractivity contribution in [2.75, 3.05) is 30.9 Å². The Morgan fingerprint density at radius 1 is 1.30 bits per heavy atom. The third-order valence-corrected chi connectivity index (χ3v) is 5.25. The first-order valence-electron chi connectivity index (χ1n) is 8.62. The van der Waals surface area contributed by atoms with Crippen LogP contribution in [-0.2, 0) is 4.79 Å². The van der Waals surface area contributed by atoms with Gasteiger partial charge >= 0.3 is 0 Å². The van der Waals surface area contributed by atoms with E-state index in [-0.39, 0.29) is 12.5 Å². The van der Waals surface area contributed by atoms with E-state index >= 15 is 0 Å². The number of ether oxygens (including phenoxy) is 2. The van der Waals surface area contributed by atoms with Crippen molar-refractivity contribution >= 4 is 29.4 Å². The minimum atomic E-state index is -0.0475. The Balaban J connectivity index is 1.78. The minimum absolute atomic E-state index is 0.0452. The molecule has 0 spiro atoms. The number of benzene rings is 2. The molecular weight excluding hydrogens is 360 g/mol. The van der Waals surface area contributed by atoms with Gasteiger partial charge in [-0.15, -0.1) is 11.8 Å². The van der Waals surface area contributed by atoms with Gasteiger partial charge in [0.25, 0.3) is 5.91 Å². The van der Waals surface area contributed by atoms with Gasteiger partial charge in [-0.05, 0) is 48.1 Å². The number of thioether (sulfide) groups is 1. The topological polar surface area (TPSA) is 62.6 Å². The summed E-state index contributed by atoms with van der Waals surface area (Å²) in [7, 11) is 1.54. The molecule has 0 saturated carbocycles. The number of nitrogens with zero attached hydrogens (tertiary/aromatic N) is 2. The number of para-hydroxylation sites is 1. The molecule has 0 aliphatic carbocycles. The SMILES string of the molecule is COc1cc(/C=C/C(=O)N2CCCSc3ccccc32)ccc1OCC#N. The Labute approximate surface area is 163 Å². The highest BCUT2D eigenvalue weighted by Crippen LogP contribution is 2.34. The molecule has 0 aromatic heterocycles. The fourth-order valence-electron chi connectivity index (χ4n) is 2.83. The van der Waals surface area contributed by atoms with E-state index in [1.165, 1.54) is 0 Å². The van der Waals surface area contributed by atoms with Crippen molar-refractivity contribution in [3.8, 4) is 17.6 Å². The standard InChI is InChI=1S/C21H20N2O3S/c1-25-19-15-16(7-9-18(19)26-13-11-22)8-10-21(24)23-12-4-14-27-20-6-3-2-5-17(20)23/h2-3,5-10,15H,4,12-14H2,1H3/b10-8+. The van der Waals surface area contributed by atoms with Crippen molar-refractivity contribution in [2.45, 2.75) is 11.3 Å². The molecule has 0 bridgehead atoms. The van der Waals surface area contributed by atoms with Crippen LogP contribution in [0.3, 0.4) is 0 Å². The quantitative estimate of drug-likeness (QED) is 0.730. The molecule has 3 rings (SSSR count). The fraction of sp³-hybridized carbons (Fsp3) is 0.238. The van der Waals surface area contributed by atoms with Crippen LogP contribution >= 0.6 is 11.8 Å². The molecule has 2 aromatic carbocycles. The number of methoxy groups -OCH3 is 1. The maximum absolute atomic E-state index is 12.8. The number of anilines is 1. The molecule has 0 saturated heterocycles. The molecule has 0 N–H and O–H groups in total. The van der Waals surface area contributed by atoms with E-state index in [4.69, 9.17) is 14.7 Å². The highest BCUT2D eigenvalue weighted by Gasteiger charge is 2.19. The highest BCUT2D eigenvalue weighted by molar-refractivity contribution is 7.99. The Morgan fingerprint density at radius 3 is 2.96 bits per heavy atom. The summed E-state index contributed by atoms with van der Waals surface area (Å²) in [6, 6.07) is 15.3. The lowest BCUT2D eigenvalue weighted by molar-refractivity contribution is -0.114. The maximum Gasteiger partial charge on any atom is 0.251 e. The molecule has 0 fully saturated rings. The lowest BCUT2D eigenvalue weighted by Crippen LogP contribution is -2.30. The summed E-state index contributed by atoms with van der Waals surface area (Å²) < 4.78 is 10.6. The molecule has 2 aromatic rings. The maximum atomic E-state index is 12.8. The fourth-order valence-corrected chi connectivity index (χ4v) is 3.83. The Hall–Kier alpha value is -2.91. The van der Waals surface area contributed by atoms with Gasteiger partial charge < -0.3 is 14.4 Å². The van der Waals surface area contributed by atoms with Crippen LogP contribution < -0.4 is 14.4 Å². The highest BCUT2D eigenvalue weighted by atomic mass is 32.2. The van der Waals surface area contributed by atoms with Crippen LogP contribution in [0.1, 0.15) is 12.0 Å². The van der Waals surface area contributed by atoms with E-state index in [2.05, 4.69) is 6.07 Å². The normalized spacial score (nSPS) is 13.6. The van der Waals surface area contributed by atoms with Crippen LogP contribution in [-0.4, -0.2) is 31.9 Å². The van der Waals surface area contributed by atoms with Crippen LogP contribution in [0.15, 0.2) is 53.4 Å². The van der Waals surface area contributed by atoms with Crippen LogP contribution in [0.4, 0.5) is 5.69 Å². The van der Waals surface area contributed by atoms with Gasteiger partial charge in [-0.3, -0.25) is 4.79 Å². The molecule has 27 heavy (non-hydrogen) atoms. The Kier molecular flexibility index (Phi) is 6.39. The van der Waals surface area contributed by atoms with Crippen LogP contribution in [0, 0.1) is 11.3 Å². The van der Waals surface area contributed by atoms with Gasteiger partial charge in [-0.25, -0.2) is 0 Å². The Bertz CT molecular complexity index is 889. The van der Waals surface area contributed by atoms with Crippen LogP contribution in [0.2, 0.25) is 0 Å². The second-order valence-corrected chi connectivity index (χ2v) is 6.99. The monoisotopic (exact) mass is 380 g/mol. The van der Waals surface area contributed by atoms with Crippen molar-refractivity contribution in [3.63, 3.8) is 0 Å². The van der Waals surface area contributed by atoms with Crippen molar-refractivity contribution in [1.29, 1.82) is 5.26 Å². The van der Waals surface area contributed by atoms with Gasteiger partial charge in [0.1, 0.15) is 6.07 Å². The summed E-state index contributed by atoms with van der Waals surface area (Å²) in [6.07, 6.45) is 4.30. The Morgan fingerprint density at radius 2 is 2.15 bits per heavy atom. The lowest BCUT2D eigenvalue weighted by Gasteiger charge is -2.20. The molecule has 6 heteroatoms. The third kappa shape index (κ3) is 4.63. The number of carbonyl (C=O) groups excluding carboxylic acids is 1. The van der Waals surface area contributed by atoms with Crippen molar-refractivity contribution in [2.24, 2.45) is 0 Å². The first-order valence-corrected chi connectivity index (χ1v) is 9.60. The van der Waals surface area contributed by atoms with E-state index in [1.807, 2.05) is 35.2 Å². The summed E-state index contributed by atoms with van der Waals surface area (Å²) in [5, 5.41) is 8.63. The summed E-state index contributed by atoms with van der Waals surface area (Å²) in [4.78, 5) is 15.8. The van der Waals surface area contributed by atoms with Gasteiger partial charge in [0.05, 0.1) is 12.8 Å². The van der Waals surface area contributed by atoms with E-state index in [0.29, 0.717) is 18.0 Å². The summed E-state index contributed by atoms with van der Waals surface area (Å²) in [5.41, 5.74) is 1.79. The molecule has 1 amide bonds. The zero-order valence-electron chi connectivity index (χ0n) is 15.1. The van der Waals surface area contributed by atoms with Crippen LogP contribution in [0.5, 0.6) is 11.5 Å². The van der Waals surface area contributed by atoms with Gasteiger partial charge in [0.2, 0.25) is 0 Å². The summed E-state index contributed by atoms with van der Waals surface area (Å²) in [5.74, 6) is 1.98. The number of carbonyl (C=O) groups is 1. The summed E-state index contributed by atoms with van der Waals surface area (Å²) in [6.45, 7) is 0.661. The zero-order chi connectivity index (χ0) is 19.1. The van der Waals surface area contributed by atoms with Crippen molar-refractivity contribution in [1.82, 2.24) is 0 Å². The van der Waals surface area contributed by atoms with E-state index in [9.17, 15) is 4.79 Å². The second-order valence-electron chi connectivity index (χ2n) is 5.85. The minimum Gasteiger partial charge on any atom is -0.493 e. The first-order chi connectivity index (χ1) is 13.2. The number of nitriles is 1. The van der Waals surface area contributed by atoms with Crippen LogP contribution in [0.25, 0.3) is 6.08 Å². The zero-order valence-corrected chi connectivity index (χ0v) is 15.9. The third-order valence-electron chi connectivity index (χ3n) is 4.10. The number of hydrogen-bond donors (Lipinski definition) is 0. The predicted molar refractivity (Wildman–Crippen MR) is 107 cm³/mol. The smallest absolute Gasteiger partial charge is 0.251 e. The number of rotatable bonds is 5. The molecular formula is C21H20N2O3S. The first kappa shape index (κ1) is 18.9. The number of fused-ring (bicyclic) bond motifs is 1. The molecule has 138 valence electrons. The number of amides is 1. The molecule has 5 nitrogen and oxygen atoms in total. The second kappa shape index (κ2) is 9.15. The van der Waals surface area contributed by atoms with Gasteiger partial charge in [-0.2, -0.15) is 5.26 Å². The van der Waals surface area contributed by atoms with Gasteiger partial charge in [0, 0.05) is 17.5 Å². The predicted octanol–water partition coefficient (Wildman–Crippen LogP) is 4.14. The van der Waals surface area contributed by atoms with E-state index in [1.54, 1.807) is 43.2 Å². The summed E-state index contributed by atoms with van der Waals surface area (Å²) >= 11 is 1.79. The van der Waals surface area contributed by atoms with Gasteiger partial charge in [0.15, 0.2) is 18.1 Å². The van der Waals surface area contributed by atoms with Gasteiger partial charge in [-0.1, -0.05) is 18.2 Å². The van der Waals surface area contributed by atoms with Crippen molar-refractivity contribution < 1.29 is 14.3 Å². The molecule has 1 aliphatic heterocycles.